The average Bonchev–Trinajstić information content (AvgIpc) is 3.18. The molecule has 3 nitrogen and oxygen atoms in total. The lowest BCUT2D eigenvalue weighted by Gasteiger charge is -2.52. The molecule has 0 aromatic heterocycles. The third-order valence-electron chi connectivity index (χ3n) is 9.81. The SMILES string of the molecule is CN1CC2CCC1C(CN1CCC3CCC1C3C1CCC3CCN1C3)C2. The van der Waals surface area contributed by atoms with Gasteiger partial charge in [-0.05, 0) is 108 Å². The summed E-state index contributed by atoms with van der Waals surface area (Å²) in [5.41, 5.74) is 0. The molecule has 5 saturated heterocycles. The molecule has 0 aromatic carbocycles. The van der Waals surface area contributed by atoms with Crippen LogP contribution in [0.25, 0.3) is 0 Å². The van der Waals surface area contributed by atoms with Crippen LogP contribution in [0.5, 0.6) is 0 Å². The van der Waals surface area contributed by atoms with Crippen molar-refractivity contribution in [3.05, 3.63) is 0 Å². The fraction of sp³-hybridized carbons (Fsp3) is 1.00. The molecule has 7 rings (SSSR count). The van der Waals surface area contributed by atoms with Crippen molar-refractivity contribution in [2.75, 3.05) is 39.8 Å². The van der Waals surface area contributed by atoms with E-state index in [0.717, 1.165) is 47.7 Å². The Bertz CT molecular complexity index is 536. The van der Waals surface area contributed by atoms with Gasteiger partial charge in [0.2, 0.25) is 0 Å². The summed E-state index contributed by atoms with van der Waals surface area (Å²) in [4.78, 5) is 8.67. The van der Waals surface area contributed by atoms with Gasteiger partial charge in [0, 0.05) is 37.8 Å². The Labute approximate surface area is 160 Å². The van der Waals surface area contributed by atoms with Crippen LogP contribution in [-0.4, -0.2) is 72.6 Å². The summed E-state index contributed by atoms with van der Waals surface area (Å²) >= 11 is 0. The Kier molecular flexibility index (Phi) is 4.17. The van der Waals surface area contributed by atoms with Gasteiger partial charge in [-0.3, -0.25) is 9.80 Å². The van der Waals surface area contributed by atoms with E-state index in [9.17, 15) is 0 Å². The Morgan fingerprint density at radius 3 is 2.46 bits per heavy atom. The summed E-state index contributed by atoms with van der Waals surface area (Å²) in [6.45, 7) is 7.08. The van der Waals surface area contributed by atoms with Crippen molar-refractivity contribution in [2.24, 2.45) is 29.6 Å². The van der Waals surface area contributed by atoms with Crippen LogP contribution in [0.2, 0.25) is 0 Å². The Morgan fingerprint density at radius 2 is 1.58 bits per heavy atom. The fourth-order valence-electron chi connectivity index (χ4n) is 8.70. The monoisotopic (exact) mass is 357 g/mol. The summed E-state index contributed by atoms with van der Waals surface area (Å²) in [5, 5.41) is 0. The second-order valence-corrected chi connectivity index (χ2v) is 11.0. The summed E-state index contributed by atoms with van der Waals surface area (Å²) in [6.07, 6.45) is 13.6. The van der Waals surface area contributed by atoms with Crippen LogP contribution in [0.3, 0.4) is 0 Å². The van der Waals surface area contributed by atoms with Crippen LogP contribution in [-0.2, 0) is 0 Å². The summed E-state index contributed by atoms with van der Waals surface area (Å²) in [5.74, 6) is 5.10. The van der Waals surface area contributed by atoms with Gasteiger partial charge in [-0.2, -0.15) is 0 Å². The van der Waals surface area contributed by atoms with Gasteiger partial charge in [-0.15, -0.1) is 0 Å². The summed E-state index contributed by atoms with van der Waals surface area (Å²) in [6, 6.07) is 2.77. The first-order valence-corrected chi connectivity index (χ1v) is 11.9. The predicted molar refractivity (Wildman–Crippen MR) is 106 cm³/mol. The molecule has 2 saturated carbocycles. The molecule has 2 aliphatic carbocycles. The zero-order chi connectivity index (χ0) is 17.3. The van der Waals surface area contributed by atoms with Crippen molar-refractivity contribution < 1.29 is 0 Å². The van der Waals surface area contributed by atoms with Gasteiger partial charge in [-0.25, -0.2) is 0 Å². The lowest BCUT2D eigenvalue weighted by atomic mass is 9.72. The van der Waals surface area contributed by atoms with Crippen molar-refractivity contribution in [1.82, 2.24) is 14.7 Å². The van der Waals surface area contributed by atoms with E-state index < -0.39 is 0 Å². The number of hydrogen-bond donors (Lipinski definition) is 0. The van der Waals surface area contributed by atoms with E-state index >= 15 is 0 Å². The number of fused-ring (bicyclic) bond motifs is 7. The lowest BCUT2D eigenvalue weighted by molar-refractivity contribution is -0.0288. The smallest absolute Gasteiger partial charge is 0.0141 e. The van der Waals surface area contributed by atoms with Crippen LogP contribution >= 0.6 is 0 Å². The van der Waals surface area contributed by atoms with Gasteiger partial charge in [0.15, 0.2) is 0 Å². The van der Waals surface area contributed by atoms with Crippen molar-refractivity contribution in [3.8, 4) is 0 Å². The minimum absolute atomic E-state index is 0.895. The van der Waals surface area contributed by atoms with Crippen LogP contribution in [0, 0.1) is 29.6 Å². The molecule has 0 amide bonds. The van der Waals surface area contributed by atoms with E-state index in [2.05, 4.69) is 21.7 Å². The van der Waals surface area contributed by atoms with E-state index in [4.69, 9.17) is 0 Å². The van der Waals surface area contributed by atoms with Crippen molar-refractivity contribution in [3.63, 3.8) is 0 Å². The molecule has 9 unspecified atom stereocenters. The van der Waals surface area contributed by atoms with E-state index in [-0.39, 0.29) is 0 Å². The Morgan fingerprint density at radius 1 is 0.731 bits per heavy atom. The van der Waals surface area contributed by atoms with Crippen LogP contribution in [0.15, 0.2) is 0 Å². The largest absolute Gasteiger partial charge is 0.303 e. The zero-order valence-corrected chi connectivity index (χ0v) is 16.9. The molecule has 0 spiro atoms. The highest BCUT2D eigenvalue weighted by Crippen LogP contribution is 2.49. The van der Waals surface area contributed by atoms with Crippen LogP contribution < -0.4 is 0 Å². The third kappa shape index (κ3) is 2.63. The molecule has 7 aliphatic rings. The molecule has 9 atom stereocenters. The molecule has 0 radical (unpaired) electrons. The maximum absolute atomic E-state index is 3.02. The zero-order valence-electron chi connectivity index (χ0n) is 16.9. The van der Waals surface area contributed by atoms with Gasteiger partial charge >= 0.3 is 0 Å². The summed E-state index contributed by atoms with van der Waals surface area (Å²) < 4.78 is 0. The molecule has 26 heavy (non-hydrogen) atoms. The highest BCUT2D eigenvalue weighted by Gasteiger charge is 2.51. The highest BCUT2D eigenvalue weighted by atomic mass is 15.2. The van der Waals surface area contributed by atoms with Crippen molar-refractivity contribution >= 4 is 0 Å². The average molecular weight is 358 g/mol. The fourth-order valence-corrected chi connectivity index (χ4v) is 8.70. The maximum Gasteiger partial charge on any atom is 0.0141 e. The molecular weight excluding hydrogens is 318 g/mol. The van der Waals surface area contributed by atoms with Gasteiger partial charge in [0.05, 0.1) is 0 Å². The normalized spacial score (nSPS) is 54.1. The maximum atomic E-state index is 3.02. The van der Waals surface area contributed by atoms with Gasteiger partial charge in [0.1, 0.15) is 0 Å². The molecule has 0 N–H and O–H groups in total. The first-order chi connectivity index (χ1) is 12.8. The number of nitrogens with zero attached hydrogens (tertiary/aromatic N) is 3. The Hall–Kier alpha value is -0.120. The molecular formula is C23H39N3. The van der Waals surface area contributed by atoms with E-state index in [1.165, 1.54) is 90.5 Å². The minimum atomic E-state index is 0.895. The van der Waals surface area contributed by atoms with E-state index in [0.29, 0.717) is 0 Å². The molecule has 5 aliphatic heterocycles. The predicted octanol–water partition coefficient (Wildman–Crippen LogP) is 3.30. The van der Waals surface area contributed by atoms with E-state index in [1.54, 1.807) is 0 Å². The quantitative estimate of drug-likeness (QED) is 0.767. The summed E-state index contributed by atoms with van der Waals surface area (Å²) in [7, 11) is 2.40. The third-order valence-corrected chi connectivity index (χ3v) is 9.81. The van der Waals surface area contributed by atoms with Gasteiger partial charge in [0.25, 0.3) is 0 Å². The standard InChI is InChI=1S/C23H39N3/c1-24-13-17-3-5-20(24)19(12-17)15-26-11-9-18-4-7-22(26)23(18)21-6-2-16-8-10-25(21)14-16/h16-23H,2-15H2,1H3. The second-order valence-electron chi connectivity index (χ2n) is 11.0. The molecule has 6 bridgehead atoms. The van der Waals surface area contributed by atoms with Crippen molar-refractivity contribution in [1.29, 1.82) is 0 Å². The Balaban J connectivity index is 1.18. The number of rotatable bonds is 3. The first-order valence-electron chi connectivity index (χ1n) is 11.9. The minimum Gasteiger partial charge on any atom is -0.303 e. The van der Waals surface area contributed by atoms with E-state index in [1.807, 2.05) is 0 Å². The number of hydrogen-bond acceptors (Lipinski definition) is 3. The van der Waals surface area contributed by atoms with Crippen molar-refractivity contribution in [2.45, 2.75) is 75.9 Å². The van der Waals surface area contributed by atoms with Gasteiger partial charge < -0.3 is 4.90 Å². The van der Waals surface area contributed by atoms with Gasteiger partial charge in [-0.1, -0.05) is 0 Å². The van der Waals surface area contributed by atoms with Crippen LogP contribution in [0.1, 0.15) is 57.8 Å². The topological polar surface area (TPSA) is 9.72 Å². The lowest BCUT2D eigenvalue weighted by Crippen LogP contribution is -2.58. The molecule has 3 heteroatoms. The molecule has 0 aromatic rings. The molecule has 7 fully saturated rings. The molecule has 5 heterocycles. The highest BCUT2D eigenvalue weighted by molar-refractivity contribution is 5.05. The second kappa shape index (κ2) is 6.46. The number of likely N-dealkylation sites (tertiary alicyclic amines) is 1. The molecule has 146 valence electrons. The number of piperidine rings is 4. The van der Waals surface area contributed by atoms with Crippen LogP contribution in [0.4, 0.5) is 0 Å². The first kappa shape index (κ1) is 16.8.